The number of aliphatic hydroxyl groups excluding tert-OH is 1. The second-order valence-electron chi connectivity index (χ2n) is 10.5. The van der Waals surface area contributed by atoms with Crippen LogP contribution in [0.25, 0.3) is 0 Å². The van der Waals surface area contributed by atoms with Crippen LogP contribution in [0.15, 0.2) is 108 Å². The summed E-state index contributed by atoms with van der Waals surface area (Å²) >= 11 is 0. The molecule has 1 aliphatic rings. The van der Waals surface area contributed by atoms with Crippen molar-refractivity contribution < 1.29 is 14.6 Å². The molecule has 0 aliphatic carbocycles. The SMILES string of the molecule is CO[C@H](c1ccc(N2N=C(c3ccccc3)CCC2=O)cc1)[C@H](C)/C=C/CCn1cc(C(CO)c2ccccc2)nn1. The lowest BCUT2D eigenvalue weighted by Gasteiger charge is -2.25. The Labute approximate surface area is 247 Å². The molecule has 1 unspecified atom stereocenters. The predicted molar refractivity (Wildman–Crippen MR) is 164 cm³/mol. The van der Waals surface area contributed by atoms with Gasteiger partial charge in [-0.15, -0.1) is 5.10 Å². The minimum atomic E-state index is -0.185. The van der Waals surface area contributed by atoms with Gasteiger partial charge in [0.15, 0.2) is 0 Å². The largest absolute Gasteiger partial charge is 0.395 e. The lowest BCUT2D eigenvalue weighted by atomic mass is 9.96. The quantitative estimate of drug-likeness (QED) is 0.217. The number of aryl methyl sites for hydroxylation is 1. The number of methoxy groups -OCH3 is 1. The van der Waals surface area contributed by atoms with Crippen molar-refractivity contribution in [3.8, 4) is 0 Å². The fourth-order valence-electron chi connectivity index (χ4n) is 5.31. The minimum Gasteiger partial charge on any atom is -0.395 e. The molecule has 0 bridgehead atoms. The van der Waals surface area contributed by atoms with Gasteiger partial charge in [-0.05, 0) is 35.2 Å². The number of nitrogens with zero attached hydrogens (tertiary/aromatic N) is 5. The molecule has 1 aromatic heterocycles. The number of hydrogen-bond acceptors (Lipinski definition) is 6. The summed E-state index contributed by atoms with van der Waals surface area (Å²) in [6, 6.07) is 27.7. The number of hydrazone groups is 1. The van der Waals surface area contributed by atoms with Crippen LogP contribution in [0.3, 0.4) is 0 Å². The van der Waals surface area contributed by atoms with E-state index < -0.39 is 0 Å². The Bertz CT molecular complexity index is 1500. The summed E-state index contributed by atoms with van der Waals surface area (Å²) in [5, 5.41) is 24.7. The minimum absolute atomic E-state index is 0.00604. The van der Waals surface area contributed by atoms with Crippen LogP contribution in [-0.2, 0) is 16.1 Å². The van der Waals surface area contributed by atoms with Crippen LogP contribution in [0.2, 0.25) is 0 Å². The molecule has 8 heteroatoms. The van der Waals surface area contributed by atoms with Crippen LogP contribution in [0.5, 0.6) is 0 Å². The first-order chi connectivity index (χ1) is 20.6. The van der Waals surface area contributed by atoms with Crippen LogP contribution in [0.4, 0.5) is 5.69 Å². The summed E-state index contributed by atoms with van der Waals surface area (Å²) in [6.07, 6.45) is 7.93. The van der Waals surface area contributed by atoms with E-state index in [2.05, 4.69) is 34.5 Å². The van der Waals surface area contributed by atoms with Gasteiger partial charge in [-0.25, -0.2) is 5.01 Å². The van der Waals surface area contributed by atoms with Gasteiger partial charge in [0.1, 0.15) is 0 Å². The van der Waals surface area contributed by atoms with Crippen LogP contribution in [0.1, 0.15) is 60.6 Å². The van der Waals surface area contributed by atoms with E-state index in [4.69, 9.17) is 4.74 Å². The number of aliphatic hydroxyl groups is 1. The van der Waals surface area contributed by atoms with Crippen LogP contribution in [-0.4, -0.2) is 45.4 Å². The van der Waals surface area contributed by atoms with Crippen molar-refractivity contribution in [3.63, 3.8) is 0 Å². The number of benzene rings is 3. The van der Waals surface area contributed by atoms with Crippen LogP contribution >= 0.6 is 0 Å². The van der Waals surface area contributed by atoms with E-state index in [1.165, 1.54) is 5.01 Å². The van der Waals surface area contributed by atoms with Crippen molar-refractivity contribution >= 4 is 17.3 Å². The molecule has 0 saturated carbocycles. The molecule has 216 valence electrons. The molecule has 8 nitrogen and oxygen atoms in total. The summed E-state index contributed by atoms with van der Waals surface area (Å²) in [5.41, 5.74) is 5.52. The molecule has 0 radical (unpaired) electrons. The van der Waals surface area contributed by atoms with Gasteiger partial charge in [-0.3, -0.25) is 9.48 Å². The van der Waals surface area contributed by atoms with E-state index in [9.17, 15) is 9.90 Å². The Morgan fingerprint density at radius 3 is 2.36 bits per heavy atom. The highest BCUT2D eigenvalue weighted by Gasteiger charge is 2.24. The third-order valence-electron chi connectivity index (χ3n) is 7.60. The summed E-state index contributed by atoms with van der Waals surface area (Å²) in [4.78, 5) is 12.7. The Balaban J connectivity index is 1.18. The van der Waals surface area contributed by atoms with Crippen LogP contribution < -0.4 is 5.01 Å². The molecule has 2 heterocycles. The molecular formula is C34H37N5O3. The topological polar surface area (TPSA) is 92.8 Å². The monoisotopic (exact) mass is 563 g/mol. The van der Waals surface area contributed by atoms with E-state index in [-0.39, 0.29) is 30.5 Å². The zero-order chi connectivity index (χ0) is 29.3. The summed E-state index contributed by atoms with van der Waals surface area (Å²) in [7, 11) is 1.72. The van der Waals surface area contributed by atoms with Gasteiger partial charge in [0.2, 0.25) is 5.91 Å². The van der Waals surface area contributed by atoms with Gasteiger partial charge >= 0.3 is 0 Å². The van der Waals surface area contributed by atoms with E-state index in [1.54, 1.807) is 7.11 Å². The fraction of sp³-hybridized carbons (Fsp3) is 0.294. The van der Waals surface area contributed by atoms with Gasteiger partial charge in [-0.2, -0.15) is 5.10 Å². The normalized spacial score (nSPS) is 15.9. The first kappa shape index (κ1) is 29.1. The molecule has 42 heavy (non-hydrogen) atoms. The molecule has 0 spiro atoms. The predicted octanol–water partition coefficient (Wildman–Crippen LogP) is 5.90. The first-order valence-electron chi connectivity index (χ1n) is 14.4. The van der Waals surface area contributed by atoms with E-state index in [1.807, 2.05) is 95.8 Å². The maximum absolute atomic E-state index is 12.7. The molecule has 0 fully saturated rings. The van der Waals surface area contributed by atoms with Gasteiger partial charge in [-0.1, -0.05) is 97.1 Å². The Kier molecular flexibility index (Phi) is 9.69. The number of anilines is 1. The lowest BCUT2D eigenvalue weighted by Crippen LogP contribution is -2.31. The first-order valence-corrected chi connectivity index (χ1v) is 14.4. The van der Waals surface area contributed by atoms with Gasteiger partial charge in [0, 0.05) is 38.6 Å². The molecule has 5 rings (SSSR count). The Morgan fingerprint density at radius 1 is 0.952 bits per heavy atom. The van der Waals surface area contributed by atoms with Crippen molar-refractivity contribution in [1.82, 2.24) is 15.0 Å². The zero-order valence-corrected chi connectivity index (χ0v) is 24.1. The fourth-order valence-corrected chi connectivity index (χ4v) is 5.31. The van der Waals surface area contributed by atoms with Crippen molar-refractivity contribution in [2.75, 3.05) is 18.7 Å². The van der Waals surface area contributed by atoms with Gasteiger partial charge < -0.3 is 9.84 Å². The van der Waals surface area contributed by atoms with Gasteiger partial charge in [0.05, 0.1) is 35.7 Å². The zero-order valence-electron chi connectivity index (χ0n) is 24.1. The van der Waals surface area contributed by atoms with Crippen molar-refractivity contribution in [1.29, 1.82) is 0 Å². The molecule has 0 saturated heterocycles. The Hall–Kier alpha value is -4.40. The number of allylic oxidation sites excluding steroid dienone is 1. The number of hydrogen-bond donors (Lipinski definition) is 1. The highest BCUT2D eigenvalue weighted by Crippen LogP contribution is 2.30. The Morgan fingerprint density at radius 2 is 1.67 bits per heavy atom. The highest BCUT2D eigenvalue weighted by molar-refractivity contribution is 6.08. The highest BCUT2D eigenvalue weighted by atomic mass is 16.5. The number of carbonyl (C=O) groups excluding carboxylic acids is 1. The number of rotatable bonds is 12. The number of ether oxygens (including phenoxy) is 1. The molecule has 3 atom stereocenters. The van der Waals surface area contributed by atoms with E-state index in [0.717, 1.165) is 40.2 Å². The van der Waals surface area contributed by atoms with Crippen molar-refractivity contribution in [2.45, 2.75) is 44.8 Å². The van der Waals surface area contributed by atoms with E-state index in [0.29, 0.717) is 19.4 Å². The number of aromatic nitrogens is 3. The number of amides is 1. The summed E-state index contributed by atoms with van der Waals surface area (Å²) in [5.74, 6) is -0.0630. The second-order valence-corrected chi connectivity index (χ2v) is 10.5. The standard InChI is InChI=1S/C34H37N5O3/c1-25(11-9-10-22-38-23-32(35-37-38)30(24-40)26-12-5-3-6-13-26)34(42-2)28-16-18-29(19-17-28)39-33(41)21-20-31(36-39)27-14-7-4-8-15-27/h3-9,11-19,23,25,30,34,40H,10,20-22,24H2,1-2H3/b11-9+/t25-,30?,34+/m1/s1. The molecule has 1 N–H and O–H groups in total. The third kappa shape index (κ3) is 6.90. The number of carbonyl (C=O) groups is 1. The van der Waals surface area contributed by atoms with Gasteiger partial charge in [0.25, 0.3) is 0 Å². The molecule has 1 amide bonds. The maximum atomic E-state index is 12.7. The third-order valence-corrected chi connectivity index (χ3v) is 7.60. The van der Waals surface area contributed by atoms with Crippen LogP contribution in [0, 0.1) is 5.92 Å². The van der Waals surface area contributed by atoms with E-state index >= 15 is 0 Å². The van der Waals surface area contributed by atoms with Crippen molar-refractivity contribution in [2.24, 2.45) is 11.0 Å². The summed E-state index contributed by atoms with van der Waals surface area (Å²) in [6.45, 7) is 2.79. The molecule has 4 aromatic rings. The average Bonchev–Trinajstić information content (AvgIpc) is 3.50. The van der Waals surface area contributed by atoms with Crippen molar-refractivity contribution in [3.05, 3.63) is 126 Å². The second kappa shape index (κ2) is 14.0. The average molecular weight is 564 g/mol. The molecule has 1 aliphatic heterocycles. The summed E-state index contributed by atoms with van der Waals surface area (Å²) < 4.78 is 7.68. The smallest absolute Gasteiger partial charge is 0.247 e. The lowest BCUT2D eigenvalue weighted by molar-refractivity contribution is -0.118. The molecule has 3 aromatic carbocycles. The maximum Gasteiger partial charge on any atom is 0.247 e. The molecular weight excluding hydrogens is 526 g/mol.